The van der Waals surface area contributed by atoms with E-state index in [4.69, 9.17) is 47.6 Å². The van der Waals surface area contributed by atoms with Gasteiger partial charge in [-0.2, -0.15) is 0 Å². The number of hydroxylamine groups is 4. The molecule has 5 heterocycles. The summed E-state index contributed by atoms with van der Waals surface area (Å²) in [5.74, 6) is -0.349. The molecule has 0 bridgehead atoms. The van der Waals surface area contributed by atoms with Crippen LogP contribution < -0.4 is 20.1 Å². The molecule has 0 aromatic heterocycles. The number of amides is 4. The summed E-state index contributed by atoms with van der Waals surface area (Å²) in [5.41, 5.74) is 1.75. The highest BCUT2D eigenvalue weighted by Crippen LogP contribution is 2.27. The average Bonchev–Trinajstić information content (AvgIpc) is 2.49. The zero-order chi connectivity index (χ0) is 63.8. The van der Waals surface area contributed by atoms with Crippen molar-refractivity contribution in [3.05, 3.63) is 120 Å². The standard InChI is InChI=1S/C27H36N2O9S.C24H32N2O7S.C9H11NO6/c1-34-21-7-9-24(10-8-21)39(32,33)29(38-22-11-14-35-15-12-22)18-26(30)25(17-20-5-3-2-4-6-20)28-27(31)37-23-13-16-36-19-23;1-18(27)25-23(16-19-6-4-3-5-7-19)24(28)17-26(33-21-12-14-32-15-13-21)34(29,30)22-10-8-20(31-2)9-11-22;11-7-1-2-8(12)10(7)16-9(13)15-6-3-4-14-5-6/h2-10,22-23,25-26,30H,11-19H2,1H3,(H,28,31);3-11,21,23-24,28H,12-17H2,1-2H3,(H,25,27);6H,1-5H2. The van der Waals surface area contributed by atoms with Gasteiger partial charge < -0.3 is 58.7 Å². The van der Waals surface area contributed by atoms with Gasteiger partial charge in [0, 0.05) is 59.0 Å². The second kappa shape index (κ2) is 34.9. The molecule has 89 heavy (non-hydrogen) atoms. The number of carbonyl (C=O) groups is 5. The lowest BCUT2D eigenvalue weighted by Gasteiger charge is -2.32. The Morgan fingerprint density at radius 1 is 0.551 bits per heavy atom. The van der Waals surface area contributed by atoms with Crippen molar-refractivity contribution in [2.24, 2.45) is 0 Å². The van der Waals surface area contributed by atoms with Crippen LogP contribution in [0.25, 0.3) is 0 Å². The quantitative estimate of drug-likeness (QED) is 0.0411. The van der Waals surface area contributed by atoms with Crippen molar-refractivity contribution in [1.82, 2.24) is 24.6 Å². The van der Waals surface area contributed by atoms with Crippen LogP contribution in [0.1, 0.15) is 69.4 Å². The van der Waals surface area contributed by atoms with Crippen LogP contribution in [0.3, 0.4) is 0 Å². The minimum atomic E-state index is -4.18. The fraction of sp³-hybridized carbons (Fsp3) is 0.517. The minimum absolute atomic E-state index is 0.00620. The summed E-state index contributed by atoms with van der Waals surface area (Å²) in [5, 5.41) is 28.3. The van der Waals surface area contributed by atoms with Crippen molar-refractivity contribution < 1.29 is 103 Å². The van der Waals surface area contributed by atoms with E-state index in [9.17, 15) is 51.0 Å². The Balaban J connectivity index is 0.000000205. The van der Waals surface area contributed by atoms with E-state index in [0.717, 1.165) is 20.1 Å². The lowest BCUT2D eigenvalue weighted by atomic mass is 10.0. The van der Waals surface area contributed by atoms with E-state index in [1.54, 1.807) is 24.3 Å². The number of aliphatic hydroxyl groups is 2. The molecular formula is C60H79N5O22S2. The number of nitrogens with zero attached hydrogens (tertiary/aromatic N) is 3. The maximum Gasteiger partial charge on any atom is 0.534 e. The van der Waals surface area contributed by atoms with Crippen LogP contribution in [0.15, 0.2) is 119 Å². The van der Waals surface area contributed by atoms with Crippen molar-refractivity contribution >= 4 is 50.0 Å². The van der Waals surface area contributed by atoms with Crippen LogP contribution in [-0.2, 0) is 90.2 Å². The fourth-order valence-corrected chi connectivity index (χ4v) is 12.2. The molecule has 0 saturated carbocycles. The highest BCUT2D eigenvalue weighted by Gasteiger charge is 2.38. The molecule has 6 atom stereocenters. The second-order valence-electron chi connectivity index (χ2n) is 21.2. The maximum absolute atomic E-state index is 13.7. The molecule has 0 spiro atoms. The van der Waals surface area contributed by atoms with E-state index in [-0.39, 0.29) is 59.8 Å². The third-order valence-electron chi connectivity index (χ3n) is 14.5. The van der Waals surface area contributed by atoms with Gasteiger partial charge in [-0.05, 0) is 98.2 Å². The predicted molar refractivity (Wildman–Crippen MR) is 314 cm³/mol. The zero-order valence-electron chi connectivity index (χ0n) is 49.9. The first-order chi connectivity index (χ1) is 42.8. The summed E-state index contributed by atoms with van der Waals surface area (Å²) in [6.07, 6.45) is -1.85. The SMILES string of the molecule is COc1ccc(S(=O)(=O)N(CC(O)C(Cc2ccccc2)NC(=O)OC2CCOC2)OC2CCOCC2)cc1.COc1ccc(S(=O)(=O)N(CC(O)C(Cc2ccccc2)NC(C)=O)OC2CCOCC2)cc1.O=C(OC1CCOC1)ON1C(=O)CCC1=O. The van der Waals surface area contributed by atoms with Gasteiger partial charge in [-0.3, -0.25) is 28.9 Å². The summed E-state index contributed by atoms with van der Waals surface area (Å²) in [6, 6.07) is 28.9. The lowest BCUT2D eigenvalue weighted by Crippen LogP contribution is -2.51. The van der Waals surface area contributed by atoms with Gasteiger partial charge in [-0.15, -0.1) is 0 Å². The Morgan fingerprint density at radius 2 is 0.933 bits per heavy atom. The first-order valence-electron chi connectivity index (χ1n) is 29.2. The third kappa shape index (κ3) is 21.9. The average molecular weight is 1290 g/mol. The monoisotopic (exact) mass is 1290 g/mol. The summed E-state index contributed by atoms with van der Waals surface area (Å²) in [6.45, 7) is 4.06. The number of nitrogens with one attached hydrogen (secondary N) is 2. The molecule has 0 radical (unpaired) electrons. The molecule has 4 amide bonds. The summed E-state index contributed by atoms with van der Waals surface area (Å²) >= 11 is 0. The van der Waals surface area contributed by atoms with Crippen LogP contribution >= 0.6 is 0 Å². The van der Waals surface area contributed by atoms with E-state index in [1.807, 2.05) is 60.7 Å². The predicted octanol–water partition coefficient (Wildman–Crippen LogP) is 4.18. The van der Waals surface area contributed by atoms with Crippen LogP contribution in [-0.4, -0.2) is 200 Å². The third-order valence-corrected chi connectivity index (χ3v) is 17.8. The molecule has 27 nitrogen and oxygen atoms in total. The molecule has 9 rings (SSSR count). The highest BCUT2D eigenvalue weighted by molar-refractivity contribution is 7.89. The van der Waals surface area contributed by atoms with Gasteiger partial charge in [0.05, 0.1) is 100 Å². The summed E-state index contributed by atoms with van der Waals surface area (Å²) in [7, 11) is -5.31. The Bertz CT molecular complexity index is 3060. The molecule has 4 N–H and O–H groups in total. The lowest BCUT2D eigenvalue weighted by molar-refractivity contribution is -0.178. The molecular weight excluding hydrogens is 1210 g/mol. The molecule has 4 aromatic carbocycles. The molecule has 29 heteroatoms. The Labute approximate surface area is 517 Å². The zero-order valence-corrected chi connectivity index (χ0v) is 51.5. The number of benzene rings is 4. The number of alkyl carbamates (subject to hydrolysis) is 1. The van der Waals surface area contributed by atoms with Gasteiger partial charge in [-0.25, -0.2) is 26.4 Å². The van der Waals surface area contributed by atoms with E-state index in [0.29, 0.717) is 114 Å². The van der Waals surface area contributed by atoms with E-state index in [2.05, 4.69) is 15.5 Å². The first kappa shape index (κ1) is 69.6. The molecule has 5 aliphatic heterocycles. The number of sulfonamides is 2. The minimum Gasteiger partial charge on any atom is -0.497 e. The highest BCUT2D eigenvalue weighted by atomic mass is 32.2. The van der Waals surface area contributed by atoms with Gasteiger partial charge in [0.15, 0.2) is 0 Å². The van der Waals surface area contributed by atoms with E-state index in [1.165, 1.54) is 45.4 Å². The molecule has 5 fully saturated rings. The molecule has 488 valence electrons. The van der Waals surface area contributed by atoms with Crippen molar-refractivity contribution in [2.75, 3.05) is 80.2 Å². The number of ether oxygens (including phenoxy) is 8. The fourth-order valence-electron chi connectivity index (χ4n) is 9.58. The molecule has 0 aliphatic carbocycles. The van der Waals surface area contributed by atoms with Crippen LogP contribution in [0.5, 0.6) is 11.5 Å². The molecule has 4 aromatic rings. The van der Waals surface area contributed by atoms with Gasteiger partial charge in [0.2, 0.25) is 5.91 Å². The largest absolute Gasteiger partial charge is 0.534 e. The normalized spacial score (nSPS) is 19.6. The topological polar surface area (TPSA) is 329 Å². The molecule has 6 unspecified atom stereocenters. The van der Waals surface area contributed by atoms with Crippen LogP contribution in [0.4, 0.5) is 9.59 Å². The van der Waals surface area contributed by atoms with Crippen LogP contribution in [0.2, 0.25) is 0 Å². The number of rotatable bonds is 25. The number of carbonyl (C=O) groups excluding carboxylic acids is 5. The maximum atomic E-state index is 13.7. The number of aliphatic hydroxyl groups excluding tert-OH is 2. The van der Waals surface area contributed by atoms with E-state index >= 15 is 0 Å². The summed E-state index contributed by atoms with van der Waals surface area (Å²) in [4.78, 5) is 74.3. The van der Waals surface area contributed by atoms with Crippen molar-refractivity contribution in [2.45, 2.75) is 130 Å². The van der Waals surface area contributed by atoms with Gasteiger partial charge >= 0.3 is 12.2 Å². The first-order valence-corrected chi connectivity index (χ1v) is 32.1. The smallest absolute Gasteiger partial charge is 0.497 e. The summed E-state index contributed by atoms with van der Waals surface area (Å²) < 4.78 is 97.5. The number of methoxy groups -OCH3 is 2. The van der Waals surface area contributed by atoms with Crippen molar-refractivity contribution in [3.8, 4) is 11.5 Å². The molecule has 5 aliphatic rings. The Hall–Kier alpha value is -6.87. The van der Waals surface area contributed by atoms with Gasteiger partial charge in [-0.1, -0.05) is 74.7 Å². The van der Waals surface area contributed by atoms with Gasteiger partial charge in [0.25, 0.3) is 31.9 Å². The van der Waals surface area contributed by atoms with Gasteiger partial charge in [0.1, 0.15) is 23.7 Å². The number of imide groups is 1. The van der Waals surface area contributed by atoms with Crippen molar-refractivity contribution in [3.63, 3.8) is 0 Å². The second-order valence-corrected chi connectivity index (χ2v) is 24.8. The van der Waals surface area contributed by atoms with E-state index < -0.39 is 81.0 Å². The van der Waals surface area contributed by atoms with Crippen LogP contribution in [0, 0.1) is 0 Å². The Kier molecular flexibility index (Phi) is 27.3. The Morgan fingerprint density at radius 3 is 1.31 bits per heavy atom. The number of hydrogen-bond acceptors (Lipinski definition) is 22. The molecule has 5 saturated heterocycles. The number of hydrogen-bond donors (Lipinski definition) is 4. The van der Waals surface area contributed by atoms with Crippen molar-refractivity contribution in [1.29, 1.82) is 0 Å².